The molecule has 3 rings (SSSR count). The van der Waals surface area contributed by atoms with Crippen molar-refractivity contribution in [2.75, 3.05) is 16.6 Å². The number of rotatable bonds is 2. The fourth-order valence-corrected chi connectivity index (χ4v) is 2.39. The fraction of sp³-hybridized carbons (Fsp3) is 0.143. The van der Waals surface area contributed by atoms with Crippen LogP contribution in [0.1, 0.15) is 0 Å². The summed E-state index contributed by atoms with van der Waals surface area (Å²) in [6.07, 6.45) is 0. The van der Waals surface area contributed by atoms with Crippen molar-refractivity contribution >= 4 is 24.0 Å². The number of hydrogen-bond donors (Lipinski definition) is 1. The molecular formula is C14H14N3S-. The van der Waals surface area contributed by atoms with Crippen molar-refractivity contribution in [2.45, 2.75) is 5.50 Å². The molecule has 1 N–H and O–H groups in total. The molecule has 18 heavy (non-hydrogen) atoms. The molecule has 1 heterocycles. The Hall–Kier alpha value is -1.65. The molecule has 2 aromatic carbocycles. The van der Waals surface area contributed by atoms with Crippen LogP contribution in [0, 0.1) is 0 Å². The third-order valence-corrected chi connectivity index (χ3v) is 3.36. The van der Waals surface area contributed by atoms with Gasteiger partial charge in [0.2, 0.25) is 0 Å². The van der Waals surface area contributed by atoms with Crippen molar-refractivity contribution in [3.8, 4) is 0 Å². The first-order valence-electron chi connectivity index (χ1n) is 5.91. The highest BCUT2D eigenvalue weighted by Gasteiger charge is 2.21. The molecule has 0 radical (unpaired) electrons. The molecule has 1 unspecified atom stereocenters. The first-order chi connectivity index (χ1) is 8.84. The maximum absolute atomic E-state index is 5.46. The van der Waals surface area contributed by atoms with E-state index < -0.39 is 0 Å². The van der Waals surface area contributed by atoms with Crippen LogP contribution in [0.5, 0.6) is 0 Å². The van der Waals surface area contributed by atoms with Crippen molar-refractivity contribution in [1.29, 1.82) is 0 Å². The van der Waals surface area contributed by atoms with Crippen LogP contribution in [0.2, 0.25) is 0 Å². The predicted octanol–water partition coefficient (Wildman–Crippen LogP) is 2.31. The van der Waals surface area contributed by atoms with E-state index in [1.807, 2.05) is 36.4 Å². The molecule has 1 aliphatic rings. The van der Waals surface area contributed by atoms with Crippen LogP contribution in [-0.4, -0.2) is 12.2 Å². The summed E-state index contributed by atoms with van der Waals surface area (Å²) in [7, 11) is 0. The van der Waals surface area contributed by atoms with E-state index in [2.05, 4.69) is 39.6 Å². The molecular weight excluding hydrogens is 242 g/mol. The van der Waals surface area contributed by atoms with Gasteiger partial charge in [0.25, 0.3) is 0 Å². The van der Waals surface area contributed by atoms with E-state index >= 15 is 0 Å². The number of hydrogen-bond acceptors (Lipinski definition) is 4. The van der Waals surface area contributed by atoms with Gasteiger partial charge in [-0.05, 0) is 29.8 Å². The molecule has 0 amide bonds. The van der Waals surface area contributed by atoms with Gasteiger partial charge >= 0.3 is 0 Å². The van der Waals surface area contributed by atoms with E-state index in [1.54, 1.807) is 0 Å². The van der Waals surface area contributed by atoms with Gasteiger partial charge in [-0.15, -0.1) is 0 Å². The average Bonchev–Trinajstić information content (AvgIpc) is 2.83. The summed E-state index contributed by atoms with van der Waals surface area (Å²) < 4.78 is 0. The van der Waals surface area contributed by atoms with Crippen molar-refractivity contribution in [3.05, 3.63) is 60.7 Å². The molecule has 0 aliphatic carbocycles. The molecule has 92 valence electrons. The Morgan fingerprint density at radius 1 is 0.889 bits per heavy atom. The molecule has 1 saturated heterocycles. The van der Waals surface area contributed by atoms with Crippen molar-refractivity contribution < 1.29 is 0 Å². The quantitative estimate of drug-likeness (QED) is 0.831. The zero-order valence-corrected chi connectivity index (χ0v) is 10.7. The predicted molar refractivity (Wildman–Crippen MR) is 77.0 cm³/mol. The Bertz CT molecular complexity index is 503. The SMILES string of the molecule is [S-]C1NN(c2ccccc2)CN1c1ccccc1. The fourth-order valence-electron chi connectivity index (χ4n) is 2.07. The monoisotopic (exact) mass is 256 g/mol. The maximum atomic E-state index is 5.46. The summed E-state index contributed by atoms with van der Waals surface area (Å²) in [6, 6.07) is 20.4. The lowest BCUT2D eigenvalue weighted by Gasteiger charge is -2.29. The van der Waals surface area contributed by atoms with Crippen LogP contribution in [-0.2, 0) is 12.6 Å². The minimum atomic E-state index is -0.118. The molecule has 3 nitrogen and oxygen atoms in total. The van der Waals surface area contributed by atoms with E-state index in [-0.39, 0.29) is 5.50 Å². The largest absolute Gasteiger partial charge is 0.751 e. The Balaban J connectivity index is 1.81. The number of nitrogens with zero attached hydrogens (tertiary/aromatic N) is 2. The number of para-hydroxylation sites is 2. The summed E-state index contributed by atoms with van der Waals surface area (Å²) in [5.41, 5.74) is 5.45. The normalized spacial score (nSPS) is 19.3. The first-order valence-corrected chi connectivity index (χ1v) is 6.38. The highest BCUT2D eigenvalue weighted by atomic mass is 32.1. The molecule has 2 aromatic rings. The molecule has 0 aromatic heterocycles. The van der Waals surface area contributed by atoms with E-state index in [9.17, 15) is 0 Å². The standard InChI is InChI=1S/C14H15N3S/c18-14-15-17(13-9-5-2-6-10-13)11-16(14)12-7-3-1-4-8-12/h1-10,14-15,18H,11H2/p-1. The minimum Gasteiger partial charge on any atom is -0.751 e. The van der Waals surface area contributed by atoms with Crippen molar-refractivity contribution in [2.24, 2.45) is 0 Å². The second-order valence-corrected chi connectivity index (χ2v) is 4.64. The maximum Gasteiger partial charge on any atom is 0.105 e. The Morgan fingerprint density at radius 2 is 1.44 bits per heavy atom. The zero-order chi connectivity index (χ0) is 12.4. The van der Waals surface area contributed by atoms with Gasteiger partial charge in [-0.3, -0.25) is 5.01 Å². The van der Waals surface area contributed by atoms with Crippen molar-refractivity contribution in [1.82, 2.24) is 5.43 Å². The van der Waals surface area contributed by atoms with Gasteiger partial charge in [0.05, 0.1) is 5.69 Å². The van der Waals surface area contributed by atoms with E-state index in [4.69, 9.17) is 12.6 Å². The second kappa shape index (κ2) is 4.92. The van der Waals surface area contributed by atoms with Gasteiger partial charge in [-0.1, -0.05) is 36.4 Å². The van der Waals surface area contributed by atoms with Crippen LogP contribution in [0.15, 0.2) is 60.7 Å². The third kappa shape index (κ3) is 2.17. The molecule has 1 atom stereocenters. The summed E-state index contributed by atoms with van der Waals surface area (Å²) in [5.74, 6) is 0. The van der Waals surface area contributed by atoms with Gasteiger partial charge in [0, 0.05) is 5.69 Å². The van der Waals surface area contributed by atoms with E-state index in [0.717, 1.165) is 18.0 Å². The zero-order valence-electron chi connectivity index (χ0n) is 9.86. The van der Waals surface area contributed by atoms with E-state index in [0.29, 0.717) is 0 Å². The highest BCUT2D eigenvalue weighted by molar-refractivity contribution is 7.59. The molecule has 0 bridgehead atoms. The lowest BCUT2D eigenvalue weighted by Crippen LogP contribution is -2.36. The molecule has 0 saturated carbocycles. The topological polar surface area (TPSA) is 18.5 Å². The van der Waals surface area contributed by atoms with Gasteiger partial charge in [-0.2, -0.15) is 0 Å². The van der Waals surface area contributed by atoms with Crippen LogP contribution in [0.3, 0.4) is 0 Å². The van der Waals surface area contributed by atoms with Crippen LogP contribution in [0.4, 0.5) is 11.4 Å². The van der Waals surface area contributed by atoms with E-state index in [1.165, 1.54) is 0 Å². The van der Waals surface area contributed by atoms with Gasteiger partial charge in [0.1, 0.15) is 6.67 Å². The van der Waals surface area contributed by atoms with Crippen LogP contribution in [0.25, 0.3) is 0 Å². The van der Waals surface area contributed by atoms with Crippen molar-refractivity contribution in [3.63, 3.8) is 0 Å². The number of benzene rings is 2. The van der Waals surface area contributed by atoms with Gasteiger partial charge in [0.15, 0.2) is 0 Å². The third-order valence-electron chi connectivity index (χ3n) is 3.00. The lowest BCUT2D eigenvalue weighted by molar-refractivity contribution is 0.754. The molecule has 0 spiro atoms. The van der Waals surface area contributed by atoms with Crippen LogP contribution < -0.4 is 15.3 Å². The minimum absolute atomic E-state index is 0.118. The molecule has 1 aliphatic heterocycles. The highest BCUT2D eigenvalue weighted by Crippen LogP contribution is 2.23. The summed E-state index contributed by atoms with van der Waals surface area (Å²) in [5, 5.41) is 2.07. The Labute approximate surface area is 112 Å². The summed E-state index contributed by atoms with van der Waals surface area (Å²) in [4.78, 5) is 2.16. The van der Waals surface area contributed by atoms with Gasteiger partial charge < -0.3 is 17.5 Å². The number of hydrazine groups is 1. The second-order valence-electron chi connectivity index (χ2n) is 4.19. The average molecular weight is 256 g/mol. The first kappa shape index (κ1) is 11.4. The smallest absolute Gasteiger partial charge is 0.105 e. The van der Waals surface area contributed by atoms with Crippen LogP contribution >= 0.6 is 0 Å². The summed E-state index contributed by atoms with van der Waals surface area (Å²) >= 11 is 5.46. The lowest BCUT2D eigenvalue weighted by atomic mass is 10.3. The van der Waals surface area contributed by atoms with Gasteiger partial charge in [-0.25, -0.2) is 5.43 Å². The molecule has 4 heteroatoms. The molecule has 1 fully saturated rings. The Kier molecular flexibility index (Phi) is 3.13. The Morgan fingerprint density at radius 3 is 2.06 bits per heavy atom. The number of nitrogens with one attached hydrogen (secondary N) is 1. The summed E-state index contributed by atoms with van der Waals surface area (Å²) in [6.45, 7) is 0.752. The number of anilines is 2.